The van der Waals surface area contributed by atoms with Crippen LogP contribution in [0.3, 0.4) is 0 Å². The van der Waals surface area contributed by atoms with Crippen molar-refractivity contribution >= 4 is 39.2 Å². The van der Waals surface area contributed by atoms with E-state index in [1.54, 1.807) is 6.20 Å². The minimum Gasteiger partial charge on any atom is -0.380 e. The van der Waals surface area contributed by atoms with Crippen molar-refractivity contribution in [3.63, 3.8) is 0 Å². The van der Waals surface area contributed by atoms with Crippen molar-refractivity contribution in [2.75, 3.05) is 38.2 Å². The molecule has 2 aliphatic heterocycles. The van der Waals surface area contributed by atoms with Crippen LogP contribution in [0.15, 0.2) is 36.5 Å². The highest BCUT2D eigenvalue weighted by Crippen LogP contribution is 2.42. The summed E-state index contributed by atoms with van der Waals surface area (Å²) in [5.74, 6) is 0. The molecule has 0 unspecified atom stereocenters. The molecule has 2 aliphatic rings. The van der Waals surface area contributed by atoms with Crippen molar-refractivity contribution in [3.05, 3.63) is 57.1 Å². The molecular formula is C26H30F4IN5. The third-order valence-electron chi connectivity index (χ3n) is 7.25. The van der Waals surface area contributed by atoms with Gasteiger partial charge in [-0.1, -0.05) is 0 Å². The van der Waals surface area contributed by atoms with Gasteiger partial charge >= 0.3 is 6.18 Å². The summed E-state index contributed by atoms with van der Waals surface area (Å²) in [5.41, 5.74) is 4.23. The summed E-state index contributed by atoms with van der Waals surface area (Å²) in [4.78, 5) is 11.8. The van der Waals surface area contributed by atoms with Crippen molar-refractivity contribution < 1.29 is 17.6 Å². The van der Waals surface area contributed by atoms with Crippen LogP contribution in [0.2, 0.25) is 0 Å². The van der Waals surface area contributed by atoms with Crippen LogP contribution in [0.1, 0.15) is 42.8 Å². The van der Waals surface area contributed by atoms with E-state index in [2.05, 4.69) is 48.8 Å². The monoisotopic (exact) mass is 615 g/mol. The second kappa shape index (κ2) is 10.4. The van der Waals surface area contributed by atoms with Gasteiger partial charge in [-0.05, 0) is 84.7 Å². The molecular weight excluding hydrogens is 585 g/mol. The maximum atomic E-state index is 13.6. The van der Waals surface area contributed by atoms with Crippen LogP contribution in [0, 0.1) is 3.57 Å². The van der Waals surface area contributed by atoms with Crippen molar-refractivity contribution in [2.45, 2.75) is 50.5 Å². The van der Waals surface area contributed by atoms with Gasteiger partial charge in [-0.15, -0.1) is 0 Å². The molecule has 0 radical (unpaired) electrons. The molecule has 0 amide bonds. The zero-order chi connectivity index (χ0) is 25.4. The molecule has 2 aromatic heterocycles. The molecule has 3 atom stereocenters. The molecule has 3 aromatic rings. The van der Waals surface area contributed by atoms with Gasteiger partial charge in [0.2, 0.25) is 0 Å². The predicted molar refractivity (Wildman–Crippen MR) is 142 cm³/mol. The summed E-state index contributed by atoms with van der Waals surface area (Å²) in [5, 5.41) is 4.55. The quantitative estimate of drug-likeness (QED) is 0.257. The summed E-state index contributed by atoms with van der Waals surface area (Å²) in [7, 11) is 0. The number of anilines is 1. The number of hydrogen-bond donors (Lipinski definition) is 2. The number of pyridine rings is 1. The fourth-order valence-corrected chi connectivity index (χ4v) is 6.12. The van der Waals surface area contributed by atoms with Crippen LogP contribution in [0.4, 0.5) is 23.2 Å². The Kier molecular flexibility index (Phi) is 7.46. The molecule has 1 aromatic carbocycles. The van der Waals surface area contributed by atoms with Crippen LogP contribution in [0.25, 0.3) is 10.9 Å². The van der Waals surface area contributed by atoms with E-state index in [1.807, 2.05) is 31.2 Å². The summed E-state index contributed by atoms with van der Waals surface area (Å²) in [6.07, 6.45) is -0.543. The Balaban J connectivity index is 1.43. The molecule has 0 saturated carbocycles. The van der Waals surface area contributed by atoms with E-state index in [0.717, 1.165) is 57.5 Å². The standard InChI is InChI=1S/C26H30F4IN5/c1-16-11-21-20-12-17(31)3-5-22(20)34-24(21)25(36(16)15-26(28,29)30)23-6-4-18(13-32-23)33-19-7-10-35(14-19)9-2-8-27/h3-6,12-13,16,19,25,33-34H,2,7-11,14-15H2,1H3/t16-,19+,25-/m1/s1. The van der Waals surface area contributed by atoms with E-state index >= 15 is 0 Å². The van der Waals surface area contributed by atoms with Crippen LogP contribution in [0.5, 0.6) is 0 Å². The molecule has 1 saturated heterocycles. The van der Waals surface area contributed by atoms with E-state index in [1.165, 1.54) is 4.90 Å². The van der Waals surface area contributed by atoms with Crippen LogP contribution in [-0.4, -0.2) is 70.9 Å². The van der Waals surface area contributed by atoms with Gasteiger partial charge in [0.25, 0.3) is 0 Å². The zero-order valence-corrected chi connectivity index (χ0v) is 22.2. The number of hydrogen-bond acceptors (Lipinski definition) is 4. The van der Waals surface area contributed by atoms with Gasteiger partial charge in [-0.2, -0.15) is 13.2 Å². The summed E-state index contributed by atoms with van der Waals surface area (Å²) in [6.45, 7) is 3.09. The summed E-state index contributed by atoms with van der Waals surface area (Å²) in [6, 6.07) is 9.15. The van der Waals surface area contributed by atoms with E-state index in [4.69, 9.17) is 0 Å². The number of rotatable bonds is 7. The molecule has 0 bridgehead atoms. The van der Waals surface area contributed by atoms with Gasteiger partial charge in [0.05, 0.1) is 36.8 Å². The lowest BCUT2D eigenvalue weighted by Crippen LogP contribution is -2.47. The number of alkyl halides is 4. The van der Waals surface area contributed by atoms with Gasteiger partial charge < -0.3 is 15.2 Å². The van der Waals surface area contributed by atoms with Gasteiger partial charge in [-0.3, -0.25) is 14.3 Å². The number of nitrogens with one attached hydrogen (secondary N) is 2. The second-order valence-electron chi connectivity index (χ2n) is 9.90. The number of likely N-dealkylation sites (tertiary alicyclic amines) is 1. The van der Waals surface area contributed by atoms with Crippen molar-refractivity contribution in [1.82, 2.24) is 19.8 Å². The number of benzene rings is 1. The lowest BCUT2D eigenvalue weighted by molar-refractivity contribution is -0.155. The molecule has 4 heterocycles. The Hall–Kier alpha value is -1.92. The number of aromatic nitrogens is 2. The van der Waals surface area contributed by atoms with Crippen LogP contribution in [-0.2, 0) is 6.42 Å². The number of H-pyrrole nitrogens is 1. The predicted octanol–water partition coefficient (Wildman–Crippen LogP) is 5.91. The number of fused-ring (bicyclic) bond motifs is 3. The fraction of sp³-hybridized carbons (Fsp3) is 0.500. The molecule has 194 valence electrons. The molecule has 5 nitrogen and oxygen atoms in total. The zero-order valence-electron chi connectivity index (χ0n) is 20.1. The summed E-state index contributed by atoms with van der Waals surface area (Å²) >= 11 is 2.26. The number of nitrogens with zero attached hydrogens (tertiary/aromatic N) is 3. The Labute approximate surface area is 221 Å². The maximum absolute atomic E-state index is 13.6. The third kappa shape index (κ3) is 5.50. The van der Waals surface area contributed by atoms with E-state index < -0.39 is 18.8 Å². The highest BCUT2D eigenvalue weighted by Gasteiger charge is 2.42. The first-order valence-electron chi connectivity index (χ1n) is 12.3. The van der Waals surface area contributed by atoms with Gasteiger partial charge in [-0.25, -0.2) is 0 Å². The molecule has 36 heavy (non-hydrogen) atoms. The molecule has 2 N–H and O–H groups in total. The second-order valence-corrected chi connectivity index (χ2v) is 11.1. The smallest absolute Gasteiger partial charge is 0.380 e. The van der Waals surface area contributed by atoms with E-state index in [-0.39, 0.29) is 18.8 Å². The fourth-order valence-electron chi connectivity index (χ4n) is 5.62. The lowest BCUT2D eigenvalue weighted by atomic mass is 9.90. The topological polar surface area (TPSA) is 47.2 Å². The minimum absolute atomic E-state index is 0.247. The minimum atomic E-state index is -4.32. The van der Waals surface area contributed by atoms with Crippen molar-refractivity contribution in [2.24, 2.45) is 0 Å². The van der Waals surface area contributed by atoms with Crippen molar-refractivity contribution in [3.8, 4) is 0 Å². The number of aromatic amines is 1. The maximum Gasteiger partial charge on any atom is 0.401 e. The first kappa shape index (κ1) is 25.7. The third-order valence-corrected chi connectivity index (χ3v) is 7.92. The van der Waals surface area contributed by atoms with E-state index in [0.29, 0.717) is 18.5 Å². The largest absolute Gasteiger partial charge is 0.401 e. The van der Waals surface area contributed by atoms with Crippen LogP contribution >= 0.6 is 22.6 Å². The first-order chi connectivity index (χ1) is 17.2. The van der Waals surface area contributed by atoms with Gasteiger partial charge in [0, 0.05) is 51.9 Å². The Bertz CT molecular complexity index is 1200. The lowest BCUT2D eigenvalue weighted by Gasteiger charge is -2.40. The molecule has 5 rings (SSSR count). The Morgan fingerprint density at radius 3 is 2.78 bits per heavy atom. The Morgan fingerprint density at radius 1 is 1.22 bits per heavy atom. The summed E-state index contributed by atoms with van der Waals surface area (Å²) < 4.78 is 54.5. The normalized spacial score (nSPS) is 23.3. The van der Waals surface area contributed by atoms with Gasteiger partial charge in [0.15, 0.2) is 0 Å². The van der Waals surface area contributed by atoms with Gasteiger partial charge in [0.1, 0.15) is 0 Å². The molecule has 10 heteroatoms. The van der Waals surface area contributed by atoms with E-state index in [9.17, 15) is 17.6 Å². The average Bonchev–Trinajstić information content (AvgIpc) is 3.42. The first-order valence-corrected chi connectivity index (χ1v) is 13.4. The SMILES string of the molecule is C[C@@H]1Cc2c([nH]c3ccc(I)cc23)[C@@H](c2ccc(N[C@H]3CCN(CCCF)C3)cn2)N1CC(F)(F)F. The van der Waals surface area contributed by atoms with Crippen molar-refractivity contribution in [1.29, 1.82) is 0 Å². The highest BCUT2D eigenvalue weighted by molar-refractivity contribution is 14.1. The Morgan fingerprint density at radius 2 is 2.06 bits per heavy atom. The molecule has 0 spiro atoms. The average molecular weight is 615 g/mol. The molecule has 1 fully saturated rings. The molecule has 0 aliphatic carbocycles. The van der Waals surface area contributed by atoms with Crippen LogP contribution < -0.4 is 5.32 Å². The highest BCUT2D eigenvalue weighted by atomic mass is 127. The number of halogens is 5.